The minimum Gasteiger partial charge on any atom is -0.365 e. The third kappa shape index (κ3) is 3.67. The maximum atomic E-state index is 14.0. The van der Waals surface area contributed by atoms with Gasteiger partial charge in [0.2, 0.25) is 0 Å². The predicted octanol–water partition coefficient (Wildman–Crippen LogP) is 2.77. The summed E-state index contributed by atoms with van der Waals surface area (Å²) in [5, 5.41) is 3.04. The Morgan fingerprint density at radius 2 is 2.33 bits per heavy atom. The molecule has 2 atom stereocenters. The molecule has 1 amide bonds. The van der Waals surface area contributed by atoms with Gasteiger partial charge in [-0.2, -0.15) is 0 Å². The van der Waals surface area contributed by atoms with E-state index in [-0.39, 0.29) is 11.9 Å². The molecule has 5 nitrogen and oxygen atoms in total. The summed E-state index contributed by atoms with van der Waals surface area (Å²) in [6, 6.07) is 1.81. The standard InChI is InChI=1S/C17H23FN4OS/c1-11-16(4-5-19-11)17(23)21(3)9-15-6-13(18)7-22(15)8-14-10-24-12(2)20-14/h4-5,10,13,15,19H,6-9H2,1-3H3/t13-,15-/m0/s1. The van der Waals surface area contributed by atoms with Crippen LogP contribution < -0.4 is 0 Å². The largest absolute Gasteiger partial charge is 0.365 e. The molecule has 0 bridgehead atoms. The molecule has 3 heterocycles. The molecule has 0 aromatic carbocycles. The van der Waals surface area contributed by atoms with E-state index in [0.717, 1.165) is 16.4 Å². The molecule has 2 aromatic heterocycles. The monoisotopic (exact) mass is 350 g/mol. The molecule has 0 saturated carbocycles. The van der Waals surface area contributed by atoms with Crippen LogP contribution in [0.2, 0.25) is 0 Å². The number of likely N-dealkylation sites (N-methyl/N-ethyl adjacent to an activating group) is 1. The molecule has 1 saturated heterocycles. The third-order valence-corrected chi connectivity index (χ3v) is 5.35. The van der Waals surface area contributed by atoms with Crippen molar-refractivity contribution in [2.75, 3.05) is 20.1 Å². The van der Waals surface area contributed by atoms with Crippen molar-refractivity contribution in [2.45, 2.75) is 39.0 Å². The van der Waals surface area contributed by atoms with Gasteiger partial charge in [-0.1, -0.05) is 0 Å². The number of carbonyl (C=O) groups excluding carboxylic acids is 1. The van der Waals surface area contributed by atoms with Gasteiger partial charge in [-0.3, -0.25) is 9.69 Å². The van der Waals surface area contributed by atoms with E-state index < -0.39 is 6.17 Å². The summed E-state index contributed by atoms with van der Waals surface area (Å²) in [6.45, 7) is 5.42. The zero-order valence-corrected chi connectivity index (χ0v) is 15.1. The summed E-state index contributed by atoms with van der Waals surface area (Å²) in [7, 11) is 1.78. The fourth-order valence-electron chi connectivity index (χ4n) is 3.28. The maximum Gasteiger partial charge on any atom is 0.255 e. The lowest BCUT2D eigenvalue weighted by Crippen LogP contribution is -2.41. The van der Waals surface area contributed by atoms with Crippen molar-refractivity contribution in [1.29, 1.82) is 0 Å². The molecule has 0 unspecified atom stereocenters. The molecule has 0 radical (unpaired) electrons. The summed E-state index contributed by atoms with van der Waals surface area (Å²) in [5.74, 6) is -0.0273. The number of aromatic nitrogens is 2. The highest BCUT2D eigenvalue weighted by Gasteiger charge is 2.34. The molecule has 7 heteroatoms. The number of carbonyl (C=O) groups is 1. The van der Waals surface area contributed by atoms with Crippen LogP contribution in [0.15, 0.2) is 17.6 Å². The van der Waals surface area contributed by atoms with Crippen molar-refractivity contribution < 1.29 is 9.18 Å². The lowest BCUT2D eigenvalue weighted by molar-refractivity contribution is 0.0749. The number of aromatic amines is 1. The summed E-state index contributed by atoms with van der Waals surface area (Å²) < 4.78 is 14.0. The maximum absolute atomic E-state index is 14.0. The van der Waals surface area contributed by atoms with Gasteiger partial charge in [0.05, 0.1) is 16.3 Å². The van der Waals surface area contributed by atoms with Crippen molar-refractivity contribution in [3.05, 3.63) is 39.6 Å². The number of thiazole rings is 1. The molecule has 3 rings (SSSR count). The molecule has 24 heavy (non-hydrogen) atoms. The molecule has 0 aliphatic carbocycles. The predicted molar refractivity (Wildman–Crippen MR) is 93.1 cm³/mol. The summed E-state index contributed by atoms with van der Waals surface area (Å²) in [5.41, 5.74) is 2.51. The number of rotatable bonds is 5. The first-order chi connectivity index (χ1) is 11.4. The average Bonchev–Trinajstić information content (AvgIpc) is 3.21. The first-order valence-electron chi connectivity index (χ1n) is 8.12. The Kier molecular flexibility index (Phi) is 5.01. The molecule has 0 spiro atoms. The van der Waals surface area contributed by atoms with Gasteiger partial charge in [0.15, 0.2) is 0 Å². The molecule has 130 valence electrons. The first kappa shape index (κ1) is 17.1. The Morgan fingerprint density at radius 3 is 2.96 bits per heavy atom. The Labute approximate surface area is 145 Å². The molecular weight excluding hydrogens is 327 g/mol. The number of halogens is 1. The highest BCUT2D eigenvalue weighted by molar-refractivity contribution is 7.09. The third-order valence-electron chi connectivity index (χ3n) is 4.52. The SMILES string of the molecule is Cc1nc(CN2C[C@@H](F)C[C@H]2CN(C)C(=O)c2cc[nH]c2C)cs1. The number of likely N-dealkylation sites (tertiary alicyclic amines) is 1. The van der Waals surface area contributed by atoms with E-state index in [1.165, 1.54) is 0 Å². The molecule has 1 fully saturated rings. The quantitative estimate of drug-likeness (QED) is 0.902. The van der Waals surface area contributed by atoms with E-state index in [1.54, 1.807) is 35.5 Å². The van der Waals surface area contributed by atoms with Gasteiger partial charge in [0, 0.05) is 50.0 Å². The van der Waals surface area contributed by atoms with Gasteiger partial charge in [0.1, 0.15) is 6.17 Å². The van der Waals surface area contributed by atoms with E-state index in [1.807, 2.05) is 19.2 Å². The summed E-state index contributed by atoms with van der Waals surface area (Å²) in [6.07, 6.45) is 1.39. The number of alkyl halides is 1. The number of hydrogen-bond acceptors (Lipinski definition) is 4. The molecule has 2 aromatic rings. The number of hydrogen-bond donors (Lipinski definition) is 1. The summed E-state index contributed by atoms with van der Waals surface area (Å²) in [4.78, 5) is 23.8. The normalized spacial score (nSPS) is 21.3. The Hall–Kier alpha value is -1.73. The minimum atomic E-state index is -0.841. The van der Waals surface area contributed by atoms with E-state index in [4.69, 9.17) is 0 Å². The molecular formula is C17H23FN4OS. The minimum absolute atomic E-state index is 0.0233. The van der Waals surface area contributed by atoms with Gasteiger partial charge < -0.3 is 9.88 Å². The zero-order valence-electron chi connectivity index (χ0n) is 14.3. The first-order valence-corrected chi connectivity index (χ1v) is 9.00. The van der Waals surface area contributed by atoms with Gasteiger partial charge in [0.25, 0.3) is 5.91 Å². The fourth-order valence-corrected chi connectivity index (χ4v) is 3.89. The lowest BCUT2D eigenvalue weighted by atomic mass is 10.1. The van der Waals surface area contributed by atoms with Crippen molar-refractivity contribution in [1.82, 2.24) is 19.8 Å². The number of aryl methyl sites for hydroxylation is 2. The smallest absolute Gasteiger partial charge is 0.255 e. The number of nitrogens with zero attached hydrogens (tertiary/aromatic N) is 3. The highest BCUT2D eigenvalue weighted by atomic mass is 32.1. The van der Waals surface area contributed by atoms with Gasteiger partial charge in [-0.15, -0.1) is 11.3 Å². The van der Waals surface area contributed by atoms with Crippen LogP contribution in [0, 0.1) is 13.8 Å². The van der Waals surface area contributed by atoms with Crippen molar-refractivity contribution in [3.63, 3.8) is 0 Å². The van der Waals surface area contributed by atoms with Crippen molar-refractivity contribution in [3.8, 4) is 0 Å². The number of nitrogens with one attached hydrogen (secondary N) is 1. The number of amides is 1. The van der Waals surface area contributed by atoms with Crippen LogP contribution in [0.4, 0.5) is 4.39 Å². The van der Waals surface area contributed by atoms with Gasteiger partial charge in [-0.25, -0.2) is 9.37 Å². The Bertz CT molecular complexity index is 713. The molecule has 1 aliphatic rings. The topological polar surface area (TPSA) is 52.2 Å². The Morgan fingerprint density at radius 1 is 1.54 bits per heavy atom. The van der Waals surface area contributed by atoms with E-state index in [2.05, 4.69) is 14.9 Å². The summed E-state index contributed by atoms with van der Waals surface area (Å²) >= 11 is 1.61. The second-order valence-electron chi connectivity index (χ2n) is 6.48. The highest BCUT2D eigenvalue weighted by Crippen LogP contribution is 2.24. The molecule has 1 aliphatic heterocycles. The Balaban J connectivity index is 1.65. The van der Waals surface area contributed by atoms with E-state index in [0.29, 0.717) is 31.6 Å². The molecule has 1 N–H and O–H groups in total. The lowest BCUT2D eigenvalue weighted by Gasteiger charge is -2.28. The average molecular weight is 350 g/mol. The van der Waals surface area contributed by atoms with Crippen LogP contribution in [0.3, 0.4) is 0 Å². The second kappa shape index (κ2) is 7.03. The van der Waals surface area contributed by atoms with Crippen LogP contribution in [-0.4, -0.2) is 58.0 Å². The van der Waals surface area contributed by atoms with Crippen LogP contribution >= 0.6 is 11.3 Å². The van der Waals surface area contributed by atoms with Crippen LogP contribution in [0.5, 0.6) is 0 Å². The van der Waals surface area contributed by atoms with Crippen molar-refractivity contribution in [2.24, 2.45) is 0 Å². The van der Waals surface area contributed by atoms with Gasteiger partial charge in [-0.05, 0) is 26.3 Å². The van der Waals surface area contributed by atoms with E-state index >= 15 is 0 Å². The number of H-pyrrole nitrogens is 1. The van der Waals surface area contributed by atoms with Crippen LogP contribution in [0.25, 0.3) is 0 Å². The van der Waals surface area contributed by atoms with Crippen LogP contribution in [-0.2, 0) is 6.54 Å². The second-order valence-corrected chi connectivity index (χ2v) is 7.54. The van der Waals surface area contributed by atoms with E-state index in [9.17, 15) is 9.18 Å². The van der Waals surface area contributed by atoms with Gasteiger partial charge >= 0.3 is 0 Å². The van der Waals surface area contributed by atoms with Crippen LogP contribution in [0.1, 0.15) is 33.2 Å². The zero-order chi connectivity index (χ0) is 17.3. The fraction of sp³-hybridized carbons (Fsp3) is 0.529. The van der Waals surface area contributed by atoms with Crippen molar-refractivity contribution >= 4 is 17.2 Å².